The van der Waals surface area contributed by atoms with Gasteiger partial charge in [0.1, 0.15) is 11.4 Å². The second kappa shape index (κ2) is 13.2. The third-order valence-corrected chi connectivity index (χ3v) is 6.98. The van der Waals surface area contributed by atoms with E-state index in [1.807, 2.05) is 6.92 Å². The van der Waals surface area contributed by atoms with Crippen molar-refractivity contribution in [3.05, 3.63) is 64.2 Å². The fraction of sp³-hybridized carbons (Fsp3) is 0.464. The van der Waals surface area contributed by atoms with E-state index in [-0.39, 0.29) is 43.3 Å². The first-order chi connectivity index (χ1) is 18.1. The summed E-state index contributed by atoms with van der Waals surface area (Å²) in [4.78, 5) is 36.0. The molecule has 0 heterocycles. The van der Waals surface area contributed by atoms with Gasteiger partial charge in [-0.05, 0) is 74.3 Å². The zero-order valence-corrected chi connectivity index (χ0v) is 21.8. The molecule has 0 bridgehead atoms. The number of aryl methyl sites for hydroxylation is 2. The molecule has 3 rings (SSSR count). The molecule has 0 saturated heterocycles. The molecule has 11 heteroatoms. The van der Waals surface area contributed by atoms with Gasteiger partial charge in [-0.2, -0.15) is 13.2 Å². The van der Waals surface area contributed by atoms with Gasteiger partial charge in [-0.15, -0.1) is 0 Å². The number of carbonyl (C=O) groups excluding carboxylic acids is 3. The fourth-order valence-electron chi connectivity index (χ4n) is 4.81. The van der Waals surface area contributed by atoms with E-state index >= 15 is 0 Å². The third kappa shape index (κ3) is 8.11. The van der Waals surface area contributed by atoms with Crippen LogP contribution >= 0.6 is 0 Å². The molecular weight excluding hydrogens is 519 g/mol. The number of carbonyl (C=O) groups is 3. The van der Waals surface area contributed by atoms with Crippen molar-refractivity contribution in [2.75, 3.05) is 13.2 Å². The van der Waals surface area contributed by atoms with Crippen LogP contribution < -0.4 is 5.73 Å². The monoisotopic (exact) mass is 553 g/mol. The zero-order valence-electron chi connectivity index (χ0n) is 21.8. The number of Topliss-reactive ketones (excluding diaryl/α,β-unsaturated/α-hetero) is 2. The highest BCUT2D eigenvalue weighted by Gasteiger charge is 2.44. The molecule has 1 amide bonds. The first kappa shape index (κ1) is 31.9. The number of phenols is 1. The average Bonchev–Trinajstić information content (AvgIpc) is 2.85. The predicted octanol–water partition coefficient (Wildman–Crippen LogP) is 3.02. The summed E-state index contributed by atoms with van der Waals surface area (Å²) in [5, 5.41) is 39.9. The number of alkyl halides is 3. The summed E-state index contributed by atoms with van der Waals surface area (Å²) in [7, 11) is 0. The summed E-state index contributed by atoms with van der Waals surface area (Å²) >= 11 is 0. The van der Waals surface area contributed by atoms with Crippen LogP contribution in [0.2, 0.25) is 0 Å². The summed E-state index contributed by atoms with van der Waals surface area (Å²) in [5.74, 6) is -3.24. The summed E-state index contributed by atoms with van der Waals surface area (Å²) in [6.45, 7) is 2.33. The molecule has 0 radical (unpaired) electrons. The molecule has 0 unspecified atom stereocenters. The lowest BCUT2D eigenvalue weighted by Crippen LogP contribution is -2.51. The van der Waals surface area contributed by atoms with E-state index < -0.39 is 48.0 Å². The molecule has 0 spiro atoms. The third-order valence-electron chi connectivity index (χ3n) is 6.98. The van der Waals surface area contributed by atoms with Crippen LogP contribution in [0, 0.1) is 25.7 Å². The standard InChI is InChI=1S/C20H27NO7.C8H7F3/c1-11-2-3-15(24)19-14(11)7-12(8-16(19)25)6-13(4-5-22)20(28,10-23)17(26)9-18(21)27;1-6-2-4-7(5-3-6)8(9,10)11/h2-3,12-13,22-24,28H,4-10H2,1H3,(H2,21,27);2-5H,1H3/t12-,13-,20-;/m1./s1. The van der Waals surface area contributed by atoms with Crippen LogP contribution in [0.25, 0.3) is 0 Å². The number of ketones is 2. The van der Waals surface area contributed by atoms with E-state index in [1.54, 1.807) is 13.0 Å². The average molecular weight is 554 g/mol. The number of hydrogen-bond donors (Lipinski definition) is 5. The number of benzene rings is 2. The number of phenolic OH excluding ortho intramolecular Hbond substituents is 1. The maximum atomic E-state index is 12.6. The summed E-state index contributed by atoms with van der Waals surface area (Å²) in [6.07, 6.45) is -4.18. The van der Waals surface area contributed by atoms with Crippen LogP contribution in [0.1, 0.15) is 58.3 Å². The van der Waals surface area contributed by atoms with Crippen molar-refractivity contribution in [2.45, 2.75) is 57.7 Å². The van der Waals surface area contributed by atoms with Crippen molar-refractivity contribution >= 4 is 17.5 Å². The second-order valence-corrected chi connectivity index (χ2v) is 9.91. The van der Waals surface area contributed by atoms with E-state index in [2.05, 4.69) is 0 Å². The van der Waals surface area contributed by atoms with E-state index in [4.69, 9.17) is 5.73 Å². The van der Waals surface area contributed by atoms with Crippen molar-refractivity contribution in [1.29, 1.82) is 0 Å². The first-order valence-electron chi connectivity index (χ1n) is 12.4. The number of aliphatic hydroxyl groups excluding tert-OH is 2. The number of halogens is 3. The molecule has 39 heavy (non-hydrogen) atoms. The topological polar surface area (TPSA) is 158 Å². The maximum absolute atomic E-state index is 12.6. The van der Waals surface area contributed by atoms with Gasteiger partial charge >= 0.3 is 6.18 Å². The van der Waals surface area contributed by atoms with Gasteiger partial charge in [0.2, 0.25) is 5.91 Å². The molecule has 0 saturated carbocycles. The largest absolute Gasteiger partial charge is 0.507 e. The predicted molar refractivity (Wildman–Crippen MR) is 136 cm³/mol. The van der Waals surface area contributed by atoms with Crippen molar-refractivity contribution < 1.29 is 48.0 Å². The summed E-state index contributed by atoms with van der Waals surface area (Å²) in [5.41, 5.74) is 4.92. The van der Waals surface area contributed by atoms with Gasteiger partial charge in [0.15, 0.2) is 11.6 Å². The lowest BCUT2D eigenvalue weighted by atomic mass is 9.71. The molecule has 0 aromatic heterocycles. The Balaban J connectivity index is 0.000000404. The van der Waals surface area contributed by atoms with Gasteiger partial charge < -0.3 is 26.2 Å². The van der Waals surface area contributed by atoms with Crippen LogP contribution in [0.15, 0.2) is 36.4 Å². The van der Waals surface area contributed by atoms with Crippen molar-refractivity contribution in [2.24, 2.45) is 17.6 Å². The van der Waals surface area contributed by atoms with Gasteiger partial charge in [-0.25, -0.2) is 0 Å². The highest BCUT2D eigenvalue weighted by molar-refractivity contribution is 6.02. The van der Waals surface area contributed by atoms with Crippen LogP contribution in [0.3, 0.4) is 0 Å². The number of aliphatic hydroxyl groups is 3. The molecule has 2 aromatic rings. The molecule has 1 aliphatic rings. The molecule has 3 atom stereocenters. The molecule has 0 fully saturated rings. The molecular formula is C28H34F3NO7. The van der Waals surface area contributed by atoms with Gasteiger partial charge in [0.25, 0.3) is 0 Å². The number of amides is 1. The number of aromatic hydroxyl groups is 1. The van der Waals surface area contributed by atoms with E-state index in [0.29, 0.717) is 12.0 Å². The van der Waals surface area contributed by atoms with Gasteiger partial charge in [0.05, 0.1) is 24.2 Å². The Morgan fingerprint density at radius 2 is 1.67 bits per heavy atom. The summed E-state index contributed by atoms with van der Waals surface area (Å²) < 4.78 is 35.8. The minimum atomic E-state index is -4.21. The van der Waals surface area contributed by atoms with Crippen LogP contribution in [-0.2, 0) is 22.2 Å². The van der Waals surface area contributed by atoms with Crippen molar-refractivity contribution in [1.82, 2.24) is 0 Å². The Morgan fingerprint density at radius 3 is 2.18 bits per heavy atom. The van der Waals surface area contributed by atoms with Crippen molar-refractivity contribution in [3.63, 3.8) is 0 Å². The normalized spacial score (nSPS) is 17.3. The maximum Gasteiger partial charge on any atom is 0.416 e. The first-order valence-corrected chi connectivity index (χ1v) is 12.4. The van der Waals surface area contributed by atoms with Gasteiger partial charge in [-0.3, -0.25) is 14.4 Å². The Labute approximate surface area is 224 Å². The molecule has 0 aliphatic heterocycles. The zero-order chi connectivity index (χ0) is 29.5. The number of fused-ring (bicyclic) bond motifs is 1. The molecule has 8 nitrogen and oxygen atoms in total. The van der Waals surface area contributed by atoms with Gasteiger partial charge in [-0.1, -0.05) is 23.8 Å². The Kier molecular flexibility index (Phi) is 10.8. The van der Waals surface area contributed by atoms with E-state index in [9.17, 15) is 48.0 Å². The number of nitrogens with two attached hydrogens (primary N) is 1. The highest BCUT2D eigenvalue weighted by atomic mass is 19.4. The fourth-order valence-corrected chi connectivity index (χ4v) is 4.81. The SMILES string of the molecule is Cc1ccc(C(F)(F)F)cc1.Cc1ccc(O)c2c1C[C@@H](C[C@@H](CCO)[C@](O)(CO)C(=O)CC(N)=O)CC2=O. The minimum absolute atomic E-state index is 0.0120. The minimum Gasteiger partial charge on any atom is -0.507 e. The second-order valence-electron chi connectivity index (χ2n) is 9.91. The quantitative estimate of drug-likeness (QED) is 0.299. The Morgan fingerprint density at radius 1 is 1.05 bits per heavy atom. The molecule has 2 aromatic carbocycles. The number of rotatable bonds is 9. The Bertz CT molecular complexity index is 1180. The smallest absolute Gasteiger partial charge is 0.416 e. The highest BCUT2D eigenvalue weighted by Crippen LogP contribution is 2.39. The summed E-state index contributed by atoms with van der Waals surface area (Å²) in [6, 6.07) is 8.25. The van der Waals surface area contributed by atoms with Crippen LogP contribution in [-0.4, -0.2) is 56.7 Å². The lowest BCUT2D eigenvalue weighted by molar-refractivity contribution is -0.153. The Hall–Kier alpha value is -3.28. The number of primary amides is 1. The van der Waals surface area contributed by atoms with Gasteiger partial charge in [0, 0.05) is 13.0 Å². The molecule has 1 aliphatic carbocycles. The number of hydrogen-bond acceptors (Lipinski definition) is 7. The van der Waals surface area contributed by atoms with E-state index in [1.165, 1.54) is 18.2 Å². The van der Waals surface area contributed by atoms with Crippen LogP contribution in [0.4, 0.5) is 13.2 Å². The van der Waals surface area contributed by atoms with Crippen LogP contribution in [0.5, 0.6) is 5.75 Å². The lowest BCUT2D eigenvalue weighted by Gasteiger charge is -2.36. The van der Waals surface area contributed by atoms with E-state index in [0.717, 1.165) is 28.8 Å². The van der Waals surface area contributed by atoms with Crippen molar-refractivity contribution in [3.8, 4) is 5.75 Å². The molecule has 6 N–H and O–H groups in total. The molecule has 214 valence electrons.